The number of hydrogen-bond donors (Lipinski definition) is 3. The number of nitrogens with zero attached hydrogens (tertiary/aromatic N) is 3. The first-order valence-electron chi connectivity index (χ1n) is 11.6. The topological polar surface area (TPSA) is 83.9 Å². The fourth-order valence-corrected chi connectivity index (χ4v) is 4.18. The summed E-state index contributed by atoms with van der Waals surface area (Å²) in [4.78, 5) is 21.4. The molecule has 0 saturated heterocycles. The highest BCUT2D eigenvalue weighted by molar-refractivity contribution is 5.97. The minimum Gasteiger partial charge on any atom is -0.354 e. The summed E-state index contributed by atoms with van der Waals surface area (Å²) in [6.45, 7) is 7.70. The second-order valence-electron chi connectivity index (χ2n) is 8.15. The van der Waals surface area contributed by atoms with Crippen LogP contribution in [-0.2, 0) is 6.54 Å². The predicted molar refractivity (Wildman–Crippen MR) is 132 cm³/mol. The van der Waals surface area contributed by atoms with Crippen molar-refractivity contribution in [1.82, 2.24) is 25.2 Å². The molecule has 0 unspecified atom stereocenters. The van der Waals surface area contributed by atoms with Crippen molar-refractivity contribution >= 4 is 22.9 Å². The zero-order valence-corrected chi connectivity index (χ0v) is 19.7. The second-order valence-corrected chi connectivity index (χ2v) is 8.15. The standard InChI is InChI=1S/C25H36N6O/c1-5-8-9-10-18(6-2)16-27-20-11-13-21(14-12-20)29-25-28-17-19-15-22(24(32)26-4)31(7-3)23(19)30-25/h5-6,8-10,15,17,20-21,27H,7,11-14,16H2,1-4H3,(H,26,32)(H,28,29,30)/b8-5-,10-9-,18-6+. The summed E-state index contributed by atoms with van der Waals surface area (Å²) in [6, 6.07) is 2.75. The molecule has 3 rings (SSSR count). The Kier molecular flexibility index (Phi) is 8.62. The molecule has 2 aromatic rings. The molecular weight excluding hydrogens is 400 g/mol. The van der Waals surface area contributed by atoms with Crippen LogP contribution >= 0.6 is 0 Å². The molecule has 1 amide bonds. The molecular formula is C25H36N6O. The van der Waals surface area contributed by atoms with Gasteiger partial charge in [0.2, 0.25) is 5.95 Å². The van der Waals surface area contributed by atoms with Gasteiger partial charge in [0, 0.05) is 43.8 Å². The van der Waals surface area contributed by atoms with Crippen LogP contribution in [-0.4, -0.2) is 46.1 Å². The molecule has 2 aromatic heterocycles. The average Bonchev–Trinajstić information content (AvgIpc) is 3.19. The van der Waals surface area contributed by atoms with Gasteiger partial charge in [0.25, 0.3) is 5.91 Å². The first kappa shape index (κ1) is 23.7. The molecule has 1 fully saturated rings. The van der Waals surface area contributed by atoms with Gasteiger partial charge in [0.1, 0.15) is 11.3 Å². The van der Waals surface area contributed by atoms with Gasteiger partial charge in [-0.25, -0.2) is 4.98 Å². The molecule has 0 aromatic carbocycles. The summed E-state index contributed by atoms with van der Waals surface area (Å²) < 4.78 is 1.94. The van der Waals surface area contributed by atoms with Gasteiger partial charge in [-0.05, 0) is 58.1 Å². The van der Waals surface area contributed by atoms with Gasteiger partial charge in [0.15, 0.2) is 0 Å². The average molecular weight is 437 g/mol. The smallest absolute Gasteiger partial charge is 0.267 e. The molecule has 1 aliphatic rings. The summed E-state index contributed by atoms with van der Waals surface area (Å²) in [5.74, 6) is 0.527. The first-order valence-corrected chi connectivity index (χ1v) is 11.6. The molecule has 2 heterocycles. The lowest BCUT2D eigenvalue weighted by Gasteiger charge is -2.30. The van der Waals surface area contributed by atoms with Crippen molar-refractivity contribution in [1.29, 1.82) is 0 Å². The van der Waals surface area contributed by atoms with Crippen LogP contribution in [0.2, 0.25) is 0 Å². The van der Waals surface area contributed by atoms with Crippen molar-refractivity contribution in [2.45, 2.75) is 65.1 Å². The van der Waals surface area contributed by atoms with Gasteiger partial charge in [-0.3, -0.25) is 4.79 Å². The normalized spacial score (nSPS) is 19.8. The van der Waals surface area contributed by atoms with E-state index in [-0.39, 0.29) is 5.91 Å². The number of allylic oxidation sites excluding steroid dienone is 4. The van der Waals surface area contributed by atoms with Gasteiger partial charge in [-0.2, -0.15) is 4.98 Å². The monoisotopic (exact) mass is 436 g/mol. The van der Waals surface area contributed by atoms with E-state index in [2.05, 4.69) is 52.2 Å². The lowest BCUT2D eigenvalue weighted by molar-refractivity contribution is 0.0954. The Labute approximate surface area is 191 Å². The number of rotatable bonds is 9. The van der Waals surface area contributed by atoms with Crippen LogP contribution in [0.25, 0.3) is 11.0 Å². The summed E-state index contributed by atoms with van der Waals surface area (Å²) in [7, 11) is 1.64. The number of hydrogen-bond acceptors (Lipinski definition) is 5. The van der Waals surface area contributed by atoms with Crippen molar-refractivity contribution in [3.8, 4) is 0 Å². The number of carbonyl (C=O) groups is 1. The summed E-state index contributed by atoms with van der Waals surface area (Å²) >= 11 is 0. The quantitative estimate of drug-likeness (QED) is 0.513. The maximum Gasteiger partial charge on any atom is 0.267 e. The van der Waals surface area contributed by atoms with E-state index in [4.69, 9.17) is 4.98 Å². The van der Waals surface area contributed by atoms with Crippen LogP contribution in [0.1, 0.15) is 56.9 Å². The third kappa shape index (κ3) is 5.85. The molecule has 7 heteroatoms. The highest BCUT2D eigenvalue weighted by atomic mass is 16.1. The predicted octanol–water partition coefficient (Wildman–Crippen LogP) is 4.20. The SMILES string of the molecule is C\C=C/C=C\C(=C/C)CNC1CCC(Nc2ncc3cc(C(=O)NC)n(CC)c3n2)CC1. The van der Waals surface area contributed by atoms with E-state index in [0.717, 1.165) is 43.3 Å². The maximum absolute atomic E-state index is 12.2. The van der Waals surface area contributed by atoms with E-state index in [1.54, 1.807) is 13.2 Å². The Balaban J connectivity index is 1.56. The van der Waals surface area contributed by atoms with E-state index in [1.807, 2.05) is 30.6 Å². The van der Waals surface area contributed by atoms with Crippen molar-refractivity contribution < 1.29 is 4.79 Å². The van der Waals surface area contributed by atoms with Crippen LogP contribution in [0.5, 0.6) is 0 Å². The molecule has 1 saturated carbocycles. The number of anilines is 1. The van der Waals surface area contributed by atoms with Gasteiger partial charge >= 0.3 is 0 Å². The van der Waals surface area contributed by atoms with Crippen LogP contribution in [0.15, 0.2) is 48.2 Å². The van der Waals surface area contributed by atoms with Crippen molar-refractivity contribution in [3.63, 3.8) is 0 Å². The summed E-state index contributed by atoms with van der Waals surface area (Å²) in [5, 5.41) is 10.8. The van der Waals surface area contributed by atoms with Gasteiger partial charge in [-0.15, -0.1) is 0 Å². The molecule has 0 bridgehead atoms. The van der Waals surface area contributed by atoms with Crippen molar-refractivity contribution in [2.24, 2.45) is 0 Å². The van der Waals surface area contributed by atoms with E-state index in [0.29, 0.717) is 30.3 Å². The number of nitrogens with one attached hydrogen (secondary N) is 3. The molecule has 0 spiro atoms. The third-order valence-electron chi connectivity index (χ3n) is 6.05. The van der Waals surface area contributed by atoms with Crippen molar-refractivity contribution in [2.75, 3.05) is 18.9 Å². The third-order valence-corrected chi connectivity index (χ3v) is 6.05. The minimum atomic E-state index is -0.108. The Hall–Kier alpha value is -2.93. The van der Waals surface area contributed by atoms with E-state index in [1.165, 1.54) is 5.57 Å². The van der Waals surface area contributed by atoms with E-state index in [9.17, 15) is 4.79 Å². The number of amides is 1. The van der Waals surface area contributed by atoms with Gasteiger partial charge in [0.05, 0.1) is 0 Å². The van der Waals surface area contributed by atoms with Gasteiger partial charge < -0.3 is 20.5 Å². The van der Waals surface area contributed by atoms with Crippen LogP contribution in [0.4, 0.5) is 5.95 Å². The Morgan fingerprint density at radius 3 is 2.59 bits per heavy atom. The molecule has 32 heavy (non-hydrogen) atoms. The van der Waals surface area contributed by atoms with Gasteiger partial charge in [-0.1, -0.05) is 30.4 Å². The van der Waals surface area contributed by atoms with Crippen LogP contribution < -0.4 is 16.0 Å². The lowest BCUT2D eigenvalue weighted by Crippen LogP contribution is -2.37. The molecule has 172 valence electrons. The molecule has 0 radical (unpaired) electrons. The zero-order chi connectivity index (χ0) is 22.9. The fourth-order valence-electron chi connectivity index (χ4n) is 4.18. The molecule has 7 nitrogen and oxygen atoms in total. The lowest BCUT2D eigenvalue weighted by atomic mass is 9.91. The van der Waals surface area contributed by atoms with Crippen LogP contribution in [0, 0.1) is 0 Å². The first-order chi connectivity index (χ1) is 15.6. The molecule has 1 aliphatic carbocycles. The highest BCUT2D eigenvalue weighted by Gasteiger charge is 2.22. The fraction of sp³-hybridized carbons (Fsp3) is 0.480. The molecule has 0 aliphatic heterocycles. The molecule has 0 atom stereocenters. The number of aryl methyl sites for hydroxylation is 1. The van der Waals surface area contributed by atoms with E-state index >= 15 is 0 Å². The van der Waals surface area contributed by atoms with E-state index < -0.39 is 0 Å². The summed E-state index contributed by atoms with van der Waals surface area (Å²) in [6.07, 6.45) is 16.7. The Morgan fingerprint density at radius 2 is 1.94 bits per heavy atom. The molecule has 3 N–H and O–H groups in total. The number of carbonyl (C=O) groups excluding carboxylic acids is 1. The highest BCUT2D eigenvalue weighted by Crippen LogP contribution is 2.23. The number of fused-ring (bicyclic) bond motifs is 1. The Bertz CT molecular complexity index is 995. The minimum absolute atomic E-state index is 0.108. The maximum atomic E-state index is 12.2. The largest absolute Gasteiger partial charge is 0.354 e. The second kappa shape index (κ2) is 11.6. The Morgan fingerprint density at radius 1 is 1.19 bits per heavy atom. The van der Waals surface area contributed by atoms with Crippen LogP contribution in [0.3, 0.4) is 0 Å². The number of aromatic nitrogens is 3. The summed E-state index contributed by atoms with van der Waals surface area (Å²) in [5.41, 5.74) is 2.72. The van der Waals surface area contributed by atoms with Crippen molar-refractivity contribution in [3.05, 3.63) is 53.9 Å². The zero-order valence-electron chi connectivity index (χ0n) is 19.7.